The molecule has 1 amide bonds. The Hall–Kier alpha value is -4.28. The van der Waals surface area contributed by atoms with E-state index in [-0.39, 0.29) is 18.1 Å². The predicted molar refractivity (Wildman–Crippen MR) is 170 cm³/mol. The maximum atomic E-state index is 12.9. The number of carbonyl (C=O) groups excluding carboxylic acids is 1. The van der Waals surface area contributed by atoms with Crippen LogP contribution < -0.4 is 15.2 Å². The highest BCUT2D eigenvalue weighted by Crippen LogP contribution is 2.33. The first-order valence-electron chi connectivity index (χ1n) is 15.3. The van der Waals surface area contributed by atoms with Gasteiger partial charge in [0, 0.05) is 24.4 Å². The average Bonchev–Trinajstić information content (AvgIpc) is 3.40. The van der Waals surface area contributed by atoms with Gasteiger partial charge in [-0.15, -0.1) is 0 Å². The molecule has 0 radical (unpaired) electrons. The first-order valence-corrected chi connectivity index (χ1v) is 15.3. The molecule has 1 fully saturated rings. The molecule has 45 heavy (non-hydrogen) atoms. The smallest absolute Gasteiger partial charge is 0.417 e. The molecule has 4 aromatic rings. The zero-order chi connectivity index (χ0) is 31.8. The number of ether oxygens (including phenoxy) is 5. The van der Waals surface area contributed by atoms with Gasteiger partial charge >= 0.3 is 11.8 Å². The summed E-state index contributed by atoms with van der Waals surface area (Å²) in [6.07, 6.45) is 0.871. The van der Waals surface area contributed by atoms with E-state index in [9.17, 15) is 9.59 Å². The molecule has 240 valence electrons. The van der Waals surface area contributed by atoms with E-state index in [4.69, 9.17) is 28.1 Å². The number of H-pyrrole nitrogens is 1. The van der Waals surface area contributed by atoms with Gasteiger partial charge in [-0.2, -0.15) is 0 Å². The molecule has 10 nitrogen and oxygen atoms in total. The molecular weight excluding hydrogens is 576 g/mol. The number of nitrogens with one attached hydrogen (secondary N) is 1. The minimum atomic E-state index is -0.585. The van der Waals surface area contributed by atoms with E-state index in [2.05, 4.69) is 17.1 Å². The molecule has 1 saturated heterocycles. The largest absolute Gasteiger partial charge is 0.496 e. The van der Waals surface area contributed by atoms with E-state index in [0.29, 0.717) is 50.6 Å². The Morgan fingerprint density at radius 3 is 2.60 bits per heavy atom. The van der Waals surface area contributed by atoms with E-state index in [1.165, 1.54) is 0 Å². The third-order valence-corrected chi connectivity index (χ3v) is 7.62. The second-order valence-electron chi connectivity index (χ2n) is 12.2. The van der Waals surface area contributed by atoms with Gasteiger partial charge in [-0.25, -0.2) is 9.59 Å². The third kappa shape index (κ3) is 8.89. The number of aromatic amines is 1. The number of nitrogens with zero attached hydrogens (tertiary/aromatic N) is 1. The maximum Gasteiger partial charge on any atom is 0.417 e. The Balaban J connectivity index is 1.17. The van der Waals surface area contributed by atoms with Crippen molar-refractivity contribution in [2.45, 2.75) is 64.4 Å². The number of likely N-dealkylation sites (tertiary alicyclic amines) is 1. The Bertz CT molecular complexity index is 1600. The highest BCUT2D eigenvalue weighted by atomic mass is 16.6. The summed E-state index contributed by atoms with van der Waals surface area (Å²) in [6.45, 7) is 8.47. The van der Waals surface area contributed by atoms with Crippen molar-refractivity contribution in [2.75, 3.05) is 33.4 Å². The number of para-hydroxylation sites is 1. The van der Waals surface area contributed by atoms with Gasteiger partial charge < -0.3 is 33.0 Å². The normalized spacial score (nSPS) is 16.9. The third-order valence-electron chi connectivity index (χ3n) is 7.62. The summed E-state index contributed by atoms with van der Waals surface area (Å²) < 4.78 is 34.4. The van der Waals surface area contributed by atoms with Gasteiger partial charge in [0.05, 0.1) is 51.7 Å². The number of hydrogen-bond acceptors (Lipinski definition) is 8. The summed E-state index contributed by atoms with van der Waals surface area (Å²) in [7, 11) is 1.66. The van der Waals surface area contributed by atoms with Crippen molar-refractivity contribution in [1.82, 2.24) is 9.88 Å². The van der Waals surface area contributed by atoms with Crippen LogP contribution in [0.5, 0.6) is 11.5 Å². The van der Waals surface area contributed by atoms with Crippen molar-refractivity contribution in [3.8, 4) is 11.5 Å². The summed E-state index contributed by atoms with van der Waals surface area (Å²) in [6, 6.07) is 21.4. The van der Waals surface area contributed by atoms with Crippen LogP contribution in [0.1, 0.15) is 56.2 Å². The second-order valence-corrected chi connectivity index (χ2v) is 12.2. The van der Waals surface area contributed by atoms with E-state index in [0.717, 1.165) is 41.0 Å². The van der Waals surface area contributed by atoms with Gasteiger partial charge in [0.1, 0.15) is 17.1 Å². The lowest BCUT2D eigenvalue weighted by molar-refractivity contribution is -0.0359. The van der Waals surface area contributed by atoms with Crippen molar-refractivity contribution < 1.29 is 32.9 Å². The number of aromatic nitrogens is 1. The lowest BCUT2D eigenvalue weighted by Crippen LogP contribution is -2.48. The van der Waals surface area contributed by atoms with Crippen molar-refractivity contribution >= 4 is 17.2 Å². The number of rotatable bonds is 12. The van der Waals surface area contributed by atoms with Crippen molar-refractivity contribution in [3.05, 3.63) is 94.0 Å². The Morgan fingerprint density at radius 2 is 1.82 bits per heavy atom. The summed E-state index contributed by atoms with van der Waals surface area (Å²) >= 11 is 0. The number of piperidine rings is 1. The standard InChI is InChI=1S/C35H42N2O8/c1-35(2,3)45-34(39)37-17-16-28(32(21-37)43-22-24-10-15-31-29(20-24)36-33(38)44-31)25-11-13-27(14-12-25)42-19-7-18-41-23-26-8-5-6-9-30(26)40-4/h5-6,8-15,20,28,32H,7,16-19,21-23H2,1-4H3,(H,36,38)/t28-,32+/m1/s1. The van der Waals surface area contributed by atoms with E-state index in [1.54, 1.807) is 18.1 Å². The van der Waals surface area contributed by atoms with Gasteiger partial charge in [-0.05, 0) is 68.7 Å². The van der Waals surface area contributed by atoms with Gasteiger partial charge in [0.15, 0.2) is 5.58 Å². The predicted octanol–water partition coefficient (Wildman–Crippen LogP) is 6.43. The number of carbonyl (C=O) groups is 1. The number of methoxy groups -OCH3 is 1. The maximum absolute atomic E-state index is 12.9. The number of hydrogen-bond donors (Lipinski definition) is 1. The van der Waals surface area contributed by atoms with E-state index >= 15 is 0 Å². The van der Waals surface area contributed by atoms with E-state index in [1.807, 2.05) is 69.3 Å². The monoisotopic (exact) mass is 618 g/mol. The fourth-order valence-electron chi connectivity index (χ4n) is 5.42. The fraction of sp³-hybridized carbons (Fsp3) is 0.429. The van der Waals surface area contributed by atoms with Crippen LogP contribution >= 0.6 is 0 Å². The zero-order valence-electron chi connectivity index (χ0n) is 26.4. The van der Waals surface area contributed by atoms with Crippen molar-refractivity contribution in [2.24, 2.45) is 0 Å². The highest BCUT2D eigenvalue weighted by Gasteiger charge is 2.35. The number of benzene rings is 3. The molecule has 1 aliphatic rings. The van der Waals surface area contributed by atoms with Gasteiger partial charge in [0.2, 0.25) is 0 Å². The van der Waals surface area contributed by atoms with Crippen LogP contribution in [0, 0.1) is 0 Å². The highest BCUT2D eigenvalue weighted by molar-refractivity contribution is 5.72. The lowest BCUT2D eigenvalue weighted by atomic mass is 9.87. The van der Waals surface area contributed by atoms with Crippen LogP contribution in [0.2, 0.25) is 0 Å². The Morgan fingerprint density at radius 1 is 1.02 bits per heavy atom. The molecule has 0 bridgehead atoms. The van der Waals surface area contributed by atoms with Crippen molar-refractivity contribution in [3.63, 3.8) is 0 Å². The Labute approximate surface area is 263 Å². The van der Waals surface area contributed by atoms with Crippen LogP contribution in [0.25, 0.3) is 11.1 Å². The quantitative estimate of drug-likeness (QED) is 0.181. The molecule has 0 saturated carbocycles. The molecule has 2 atom stereocenters. The van der Waals surface area contributed by atoms with Crippen molar-refractivity contribution in [1.29, 1.82) is 0 Å². The number of amides is 1. The summed E-state index contributed by atoms with van der Waals surface area (Å²) in [5.74, 6) is 1.19. The zero-order valence-corrected chi connectivity index (χ0v) is 26.4. The molecule has 2 heterocycles. The van der Waals surface area contributed by atoms with Crippen LogP contribution in [0.4, 0.5) is 4.79 Å². The molecule has 5 rings (SSSR count). The molecule has 0 unspecified atom stereocenters. The molecule has 1 N–H and O–H groups in total. The molecule has 0 spiro atoms. The van der Waals surface area contributed by atoms with Crippen LogP contribution in [-0.4, -0.2) is 61.1 Å². The first-order chi connectivity index (χ1) is 21.7. The average molecular weight is 619 g/mol. The molecule has 1 aliphatic heterocycles. The SMILES string of the molecule is COc1ccccc1COCCCOc1ccc([C@H]2CCN(C(=O)OC(C)(C)C)C[C@@H]2OCc2ccc3oc(=O)[nH]c3c2)cc1. The molecule has 0 aliphatic carbocycles. The topological polar surface area (TPSA) is 112 Å². The second kappa shape index (κ2) is 14.7. The molecule has 1 aromatic heterocycles. The molecular formula is C35H42N2O8. The van der Waals surface area contributed by atoms with Crippen LogP contribution in [0.3, 0.4) is 0 Å². The summed E-state index contributed by atoms with van der Waals surface area (Å²) in [5.41, 5.74) is 3.56. The fourth-order valence-corrected chi connectivity index (χ4v) is 5.42. The first kappa shape index (κ1) is 32.1. The number of oxazole rings is 1. The minimum Gasteiger partial charge on any atom is -0.496 e. The minimum absolute atomic E-state index is 0.0681. The van der Waals surface area contributed by atoms with Gasteiger partial charge in [0.25, 0.3) is 0 Å². The van der Waals surface area contributed by atoms with Crippen LogP contribution in [0.15, 0.2) is 75.9 Å². The summed E-state index contributed by atoms with van der Waals surface area (Å²) in [4.78, 5) is 28.9. The Kier molecular flexibility index (Phi) is 10.5. The van der Waals surface area contributed by atoms with E-state index < -0.39 is 11.4 Å². The molecule has 3 aromatic carbocycles. The summed E-state index contributed by atoms with van der Waals surface area (Å²) in [5, 5.41) is 0. The van der Waals surface area contributed by atoms with Crippen LogP contribution in [-0.2, 0) is 27.4 Å². The number of fused-ring (bicyclic) bond motifs is 1. The lowest BCUT2D eigenvalue weighted by Gasteiger charge is -2.39. The molecule has 10 heteroatoms. The van der Waals surface area contributed by atoms with Gasteiger partial charge in [-0.1, -0.05) is 36.4 Å². The van der Waals surface area contributed by atoms with Gasteiger partial charge in [-0.3, -0.25) is 4.98 Å².